The van der Waals surface area contributed by atoms with Crippen molar-refractivity contribution in [3.05, 3.63) is 120 Å². The maximum absolute atomic E-state index is 11.6. The van der Waals surface area contributed by atoms with Gasteiger partial charge >= 0.3 is 5.97 Å². The highest BCUT2D eigenvalue weighted by Gasteiger charge is 2.42. The van der Waals surface area contributed by atoms with Crippen molar-refractivity contribution in [2.24, 2.45) is 0 Å². The average molecular weight is 399 g/mol. The molecular formula is C26H26N2O2. The molecule has 0 saturated heterocycles. The van der Waals surface area contributed by atoms with Gasteiger partial charge in [0.2, 0.25) is 0 Å². The van der Waals surface area contributed by atoms with Crippen LogP contribution in [0.25, 0.3) is 0 Å². The first-order chi connectivity index (χ1) is 14.7. The van der Waals surface area contributed by atoms with Gasteiger partial charge in [0.1, 0.15) is 5.54 Å². The van der Waals surface area contributed by atoms with Crippen LogP contribution in [0, 0.1) is 0 Å². The van der Waals surface area contributed by atoms with Crippen LogP contribution in [0.5, 0.6) is 0 Å². The van der Waals surface area contributed by atoms with Crippen LogP contribution in [0.1, 0.15) is 23.1 Å². The van der Waals surface area contributed by atoms with Crippen molar-refractivity contribution in [3.63, 3.8) is 0 Å². The van der Waals surface area contributed by atoms with Gasteiger partial charge in [-0.25, -0.2) is 0 Å². The van der Waals surface area contributed by atoms with Gasteiger partial charge in [-0.15, -0.1) is 0 Å². The van der Waals surface area contributed by atoms with Crippen LogP contribution in [0.4, 0.5) is 0 Å². The molecule has 4 heteroatoms. The molecule has 0 radical (unpaired) electrons. The van der Waals surface area contributed by atoms with E-state index in [1.807, 2.05) is 18.2 Å². The summed E-state index contributed by atoms with van der Waals surface area (Å²) < 4.78 is 4.81. The topological polar surface area (TPSA) is 32.8 Å². The van der Waals surface area contributed by atoms with Gasteiger partial charge in [-0.1, -0.05) is 91.0 Å². The Morgan fingerprint density at radius 2 is 1.27 bits per heavy atom. The Hall–Kier alpha value is -3.53. The van der Waals surface area contributed by atoms with Crippen molar-refractivity contribution in [1.29, 1.82) is 0 Å². The van der Waals surface area contributed by atoms with Gasteiger partial charge in [0, 0.05) is 18.9 Å². The Morgan fingerprint density at radius 1 is 0.800 bits per heavy atom. The zero-order valence-corrected chi connectivity index (χ0v) is 17.1. The molecule has 0 unspecified atom stereocenters. The average Bonchev–Trinajstić information content (AvgIpc) is 3.29. The molecular weight excluding hydrogens is 372 g/mol. The van der Waals surface area contributed by atoms with Crippen molar-refractivity contribution in [1.82, 2.24) is 9.80 Å². The lowest BCUT2D eigenvalue weighted by atomic mass is 9.76. The van der Waals surface area contributed by atoms with Gasteiger partial charge in [-0.2, -0.15) is 0 Å². The summed E-state index contributed by atoms with van der Waals surface area (Å²) in [7, 11) is 1.43. The Balaban J connectivity index is 1.81. The van der Waals surface area contributed by atoms with Crippen LogP contribution in [0.15, 0.2) is 103 Å². The van der Waals surface area contributed by atoms with E-state index in [1.54, 1.807) is 0 Å². The highest BCUT2D eigenvalue weighted by atomic mass is 16.5. The monoisotopic (exact) mass is 398 g/mol. The minimum atomic E-state index is -0.486. The molecule has 3 aromatic carbocycles. The van der Waals surface area contributed by atoms with E-state index in [2.05, 4.69) is 95.0 Å². The number of methoxy groups -OCH3 is 1. The summed E-state index contributed by atoms with van der Waals surface area (Å²) in [6.07, 6.45) is 4.56. The first-order valence-corrected chi connectivity index (χ1v) is 10.2. The van der Waals surface area contributed by atoms with Gasteiger partial charge in [-0.05, 0) is 16.7 Å². The number of carbonyl (C=O) groups excluding carboxylic acids is 1. The summed E-state index contributed by atoms with van der Waals surface area (Å²) in [6.45, 7) is 1.30. The van der Waals surface area contributed by atoms with E-state index >= 15 is 0 Å². The SMILES string of the molecule is COC(=O)CCN1C=CN(C(c2ccccc2)(c2ccccc2)c2ccccc2)C1. The predicted octanol–water partition coefficient (Wildman–Crippen LogP) is 4.59. The van der Waals surface area contributed by atoms with E-state index in [1.165, 1.54) is 23.8 Å². The quantitative estimate of drug-likeness (QED) is 0.431. The summed E-state index contributed by atoms with van der Waals surface area (Å²) in [6, 6.07) is 31.8. The van der Waals surface area contributed by atoms with E-state index < -0.39 is 5.54 Å². The van der Waals surface area contributed by atoms with E-state index in [0.717, 1.165) is 0 Å². The molecule has 1 heterocycles. The normalized spacial score (nSPS) is 13.5. The Morgan fingerprint density at radius 3 is 1.70 bits per heavy atom. The Bertz CT molecular complexity index is 891. The van der Waals surface area contributed by atoms with Gasteiger partial charge in [0.15, 0.2) is 0 Å². The number of nitrogens with zero attached hydrogens (tertiary/aromatic N) is 2. The molecule has 0 saturated carbocycles. The second kappa shape index (κ2) is 8.87. The second-order valence-corrected chi connectivity index (χ2v) is 7.36. The van der Waals surface area contributed by atoms with Gasteiger partial charge in [-0.3, -0.25) is 4.79 Å². The third-order valence-electron chi connectivity index (χ3n) is 5.63. The fraction of sp³-hybridized carbons (Fsp3) is 0.192. The fourth-order valence-electron chi connectivity index (χ4n) is 4.20. The molecule has 1 aliphatic heterocycles. The van der Waals surface area contributed by atoms with E-state index in [0.29, 0.717) is 19.6 Å². The van der Waals surface area contributed by atoms with Crippen LogP contribution in [-0.4, -0.2) is 36.1 Å². The number of esters is 1. The predicted molar refractivity (Wildman–Crippen MR) is 118 cm³/mol. The molecule has 0 aromatic heterocycles. The van der Waals surface area contributed by atoms with Crippen LogP contribution >= 0.6 is 0 Å². The zero-order valence-electron chi connectivity index (χ0n) is 17.1. The maximum Gasteiger partial charge on any atom is 0.307 e. The second-order valence-electron chi connectivity index (χ2n) is 7.36. The zero-order chi connectivity index (χ0) is 20.8. The summed E-state index contributed by atoms with van der Waals surface area (Å²) in [5.41, 5.74) is 3.10. The Kier molecular flexibility index (Phi) is 5.84. The maximum atomic E-state index is 11.6. The number of benzene rings is 3. The molecule has 0 spiro atoms. The number of hydrogen-bond donors (Lipinski definition) is 0. The molecule has 1 aliphatic rings. The van der Waals surface area contributed by atoms with Crippen molar-refractivity contribution < 1.29 is 9.53 Å². The first kappa shape index (κ1) is 19.8. The Labute approximate surface area is 178 Å². The number of hydrogen-bond acceptors (Lipinski definition) is 4. The van der Waals surface area contributed by atoms with Gasteiger partial charge < -0.3 is 14.5 Å². The third-order valence-corrected chi connectivity index (χ3v) is 5.63. The first-order valence-electron chi connectivity index (χ1n) is 10.2. The molecule has 0 fully saturated rings. The highest BCUT2D eigenvalue weighted by molar-refractivity contribution is 5.69. The van der Waals surface area contributed by atoms with Crippen molar-refractivity contribution in [2.45, 2.75) is 12.0 Å². The van der Waals surface area contributed by atoms with E-state index in [4.69, 9.17) is 4.74 Å². The number of ether oxygens (including phenoxy) is 1. The number of rotatable bonds is 7. The summed E-state index contributed by atoms with van der Waals surface area (Å²) in [5, 5.41) is 0. The fourth-order valence-corrected chi connectivity index (χ4v) is 4.20. The molecule has 4 nitrogen and oxygen atoms in total. The molecule has 0 N–H and O–H groups in total. The molecule has 0 amide bonds. The molecule has 152 valence electrons. The lowest BCUT2D eigenvalue weighted by Gasteiger charge is -2.44. The largest absolute Gasteiger partial charge is 0.469 e. The van der Waals surface area contributed by atoms with E-state index in [-0.39, 0.29) is 5.97 Å². The van der Waals surface area contributed by atoms with Gasteiger partial charge in [0.05, 0.1) is 20.2 Å². The molecule has 3 aromatic rings. The smallest absolute Gasteiger partial charge is 0.307 e. The molecule has 0 aliphatic carbocycles. The van der Waals surface area contributed by atoms with Crippen LogP contribution in [0.3, 0.4) is 0 Å². The van der Waals surface area contributed by atoms with Crippen molar-refractivity contribution >= 4 is 5.97 Å². The lowest BCUT2D eigenvalue weighted by molar-refractivity contribution is -0.140. The highest BCUT2D eigenvalue weighted by Crippen LogP contribution is 2.43. The van der Waals surface area contributed by atoms with Gasteiger partial charge in [0.25, 0.3) is 0 Å². The van der Waals surface area contributed by atoms with E-state index in [9.17, 15) is 4.79 Å². The third kappa shape index (κ3) is 3.69. The summed E-state index contributed by atoms with van der Waals surface area (Å²) in [4.78, 5) is 16.1. The minimum absolute atomic E-state index is 0.192. The molecule has 0 bridgehead atoms. The summed E-state index contributed by atoms with van der Waals surface area (Å²) in [5.74, 6) is -0.192. The standard InChI is InChI=1S/C26H26N2O2/c1-30-25(29)17-18-27-19-20-28(21-27)26(22-11-5-2-6-12-22,23-13-7-3-8-14-23)24-15-9-4-10-16-24/h2-16,19-20H,17-18,21H2,1H3. The molecule has 30 heavy (non-hydrogen) atoms. The van der Waals surface area contributed by atoms with Crippen LogP contribution in [-0.2, 0) is 15.1 Å². The lowest BCUT2D eigenvalue weighted by Crippen LogP contribution is -2.46. The number of carbonyl (C=O) groups is 1. The summed E-state index contributed by atoms with van der Waals surface area (Å²) >= 11 is 0. The minimum Gasteiger partial charge on any atom is -0.469 e. The molecule has 4 rings (SSSR count). The van der Waals surface area contributed by atoms with Crippen molar-refractivity contribution in [2.75, 3.05) is 20.3 Å². The van der Waals surface area contributed by atoms with Crippen molar-refractivity contribution in [3.8, 4) is 0 Å². The molecule has 0 atom stereocenters. The van der Waals surface area contributed by atoms with Crippen LogP contribution < -0.4 is 0 Å². The van der Waals surface area contributed by atoms with Crippen LogP contribution in [0.2, 0.25) is 0 Å².